The fourth-order valence-electron chi connectivity index (χ4n) is 2.32. The molecule has 0 spiro atoms. The first-order valence-electron chi connectivity index (χ1n) is 6.78. The van der Waals surface area contributed by atoms with Crippen LogP contribution >= 0.6 is 0 Å². The van der Waals surface area contributed by atoms with E-state index in [9.17, 15) is 9.59 Å². The van der Waals surface area contributed by atoms with Gasteiger partial charge < -0.3 is 15.7 Å². The highest BCUT2D eigenvalue weighted by Crippen LogP contribution is 2.34. The Kier molecular flexibility index (Phi) is 5.44. The van der Waals surface area contributed by atoms with Crippen LogP contribution in [0.15, 0.2) is 0 Å². The summed E-state index contributed by atoms with van der Waals surface area (Å²) >= 11 is 0. The number of carboxylic acid groups (broad SMARTS) is 1. The van der Waals surface area contributed by atoms with Gasteiger partial charge in [0.25, 0.3) is 0 Å². The Morgan fingerprint density at radius 1 is 1.39 bits per heavy atom. The molecule has 0 heterocycles. The SMILES string of the molecule is CCCCC(C)NC(=O)NC1(CC(=O)O)CCC1. The number of nitrogens with one attached hydrogen (secondary N) is 2. The molecule has 2 amide bonds. The molecule has 1 atom stereocenters. The number of hydrogen-bond acceptors (Lipinski definition) is 2. The smallest absolute Gasteiger partial charge is 0.315 e. The molecule has 1 fully saturated rings. The van der Waals surface area contributed by atoms with E-state index in [0.29, 0.717) is 0 Å². The third kappa shape index (κ3) is 4.55. The molecule has 0 aromatic heterocycles. The predicted molar refractivity (Wildman–Crippen MR) is 69.5 cm³/mol. The van der Waals surface area contributed by atoms with Gasteiger partial charge in [0.2, 0.25) is 0 Å². The van der Waals surface area contributed by atoms with Gasteiger partial charge in [-0.25, -0.2) is 4.79 Å². The van der Waals surface area contributed by atoms with Gasteiger partial charge in [-0.2, -0.15) is 0 Å². The summed E-state index contributed by atoms with van der Waals surface area (Å²) in [5, 5.41) is 14.6. The van der Waals surface area contributed by atoms with Gasteiger partial charge in [0, 0.05) is 6.04 Å². The van der Waals surface area contributed by atoms with Gasteiger partial charge in [0.1, 0.15) is 0 Å². The monoisotopic (exact) mass is 256 g/mol. The van der Waals surface area contributed by atoms with Crippen LogP contribution in [0.2, 0.25) is 0 Å². The number of amides is 2. The van der Waals surface area contributed by atoms with Crippen LogP contribution in [0.3, 0.4) is 0 Å². The zero-order chi connectivity index (χ0) is 13.6. The van der Waals surface area contributed by atoms with Gasteiger partial charge in [-0.1, -0.05) is 19.8 Å². The van der Waals surface area contributed by atoms with Crippen molar-refractivity contribution >= 4 is 12.0 Å². The minimum atomic E-state index is -0.853. The van der Waals surface area contributed by atoms with Gasteiger partial charge in [0.05, 0.1) is 12.0 Å². The summed E-state index contributed by atoms with van der Waals surface area (Å²) in [6.07, 6.45) is 5.67. The van der Waals surface area contributed by atoms with Crippen LogP contribution in [0.5, 0.6) is 0 Å². The van der Waals surface area contributed by atoms with Crippen molar-refractivity contribution in [3.05, 3.63) is 0 Å². The van der Waals surface area contributed by atoms with Gasteiger partial charge in [0.15, 0.2) is 0 Å². The lowest BCUT2D eigenvalue weighted by Gasteiger charge is -2.41. The summed E-state index contributed by atoms with van der Waals surface area (Å²) in [7, 11) is 0. The van der Waals surface area contributed by atoms with E-state index in [1.54, 1.807) is 0 Å². The second-order valence-corrected chi connectivity index (χ2v) is 5.35. The summed E-state index contributed by atoms with van der Waals surface area (Å²) in [5.41, 5.74) is -0.513. The Bertz CT molecular complexity index is 301. The molecule has 0 radical (unpaired) electrons. The van der Waals surface area contributed by atoms with E-state index in [4.69, 9.17) is 5.11 Å². The second-order valence-electron chi connectivity index (χ2n) is 5.35. The second kappa shape index (κ2) is 6.61. The van der Waals surface area contributed by atoms with E-state index in [1.165, 1.54) is 0 Å². The standard InChI is InChI=1S/C13H24N2O3/c1-3-4-6-10(2)14-12(18)15-13(7-5-8-13)9-11(16)17/h10H,3-9H2,1-2H3,(H,16,17)(H2,14,15,18). The first kappa shape index (κ1) is 14.8. The summed E-state index contributed by atoms with van der Waals surface area (Å²) in [6.45, 7) is 4.09. The van der Waals surface area contributed by atoms with Crippen LogP contribution in [0.25, 0.3) is 0 Å². The Morgan fingerprint density at radius 2 is 2.06 bits per heavy atom. The minimum Gasteiger partial charge on any atom is -0.481 e. The number of carbonyl (C=O) groups excluding carboxylic acids is 1. The largest absolute Gasteiger partial charge is 0.481 e. The molecule has 1 aliphatic carbocycles. The van der Waals surface area contributed by atoms with Crippen LogP contribution in [0, 0.1) is 0 Å². The summed E-state index contributed by atoms with van der Waals surface area (Å²) in [6, 6.07) is -0.105. The average molecular weight is 256 g/mol. The molecule has 104 valence electrons. The molecule has 3 N–H and O–H groups in total. The maximum atomic E-state index is 11.8. The maximum Gasteiger partial charge on any atom is 0.315 e. The molecule has 5 nitrogen and oxygen atoms in total. The van der Waals surface area contributed by atoms with E-state index in [2.05, 4.69) is 17.6 Å². The first-order valence-corrected chi connectivity index (χ1v) is 6.78. The number of hydrogen-bond donors (Lipinski definition) is 3. The van der Waals surface area contributed by atoms with Crippen molar-refractivity contribution < 1.29 is 14.7 Å². The highest BCUT2D eigenvalue weighted by atomic mass is 16.4. The topological polar surface area (TPSA) is 78.4 Å². The van der Waals surface area contributed by atoms with E-state index in [-0.39, 0.29) is 18.5 Å². The Hall–Kier alpha value is -1.26. The zero-order valence-electron chi connectivity index (χ0n) is 11.3. The number of urea groups is 1. The van der Waals surface area contributed by atoms with Gasteiger partial charge in [-0.15, -0.1) is 0 Å². The van der Waals surface area contributed by atoms with Crippen molar-refractivity contribution in [1.82, 2.24) is 10.6 Å². The first-order chi connectivity index (χ1) is 8.47. The van der Waals surface area contributed by atoms with Crippen LogP contribution in [0.1, 0.15) is 58.8 Å². The molecule has 0 bridgehead atoms. The van der Waals surface area contributed by atoms with Crippen LogP contribution in [-0.4, -0.2) is 28.7 Å². The minimum absolute atomic E-state index is 0.0176. The van der Waals surface area contributed by atoms with Gasteiger partial charge in [-0.3, -0.25) is 4.79 Å². The highest BCUT2D eigenvalue weighted by molar-refractivity contribution is 5.77. The fraction of sp³-hybridized carbons (Fsp3) is 0.846. The Morgan fingerprint density at radius 3 is 2.50 bits per heavy atom. The molecule has 1 unspecified atom stereocenters. The third-order valence-electron chi connectivity index (χ3n) is 3.55. The van der Waals surface area contributed by atoms with Crippen molar-refractivity contribution in [2.75, 3.05) is 0 Å². The van der Waals surface area contributed by atoms with E-state index < -0.39 is 11.5 Å². The van der Waals surface area contributed by atoms with Crippen LogP contribution < -0.4 is 10.6 Å². The normalized spacial score (nSPS) is 18.6. The third-order valence-corrected chi connectivity index (χ3v) is 3.55. The van der Waals surface area contributed by atoms with Crippen LogP contribution in [-0.2, 0) is 4.79 Å². The van der Waals surface area contributed by atoms with E-state index >= 15 is 0 Å². The molecular formula is C13H24N2O3. The number of rotatable bonds is 7. The van der Waals surface area contributed by atoms with Crippen molar-refractivity contribution in [2.45, 2.75) is 70.4 Å². The fourth-order valence-corrected chi connectivity index (χ4v) is 2.32. The van der Waals surface area contributed by atoms with E-state index in [1.807, 2.05) is 6.92 Å². The van der Waals surface area contributed by atoms with Crippen molar-refractivity contribution in [3.8, 4) is 0 Å². The molecule has 1 saturated carbocycles. The quantitative estimate of drug-likeness (QED) is 0.653. The zero-order valence-corrected chi connectivity index (χ0v) is 11.3. The number of aliphatic carboxylic acids is 1. The molecular weight excluding hydrogens is 232 g/mol. The summed E-state index contributed by atoms with van der Waals surface area (Å²) < 4.78 is 0. The summed E-state index contributed by atoms with van der Waals surface area (Å²) in [4.78, 5) is 22.6. The average Bonchev–Trinajstić information content (AvgIpc) is 2.22. The van der Waals surface area contributed by atoms with Gasteiger partial charge >= 0.3 is 12.0 Å². The lowest BCUT2D eigenvalue weighted by atomic mass is 9.74. The van der Waals surface area contributed by atoms with Crippen molar-refractivity contribution in [1.29, 1.82) is 0 Å². The Balaban J connectivity index is 2.36. The number of carboxylic acids is 1. The molecule has 0 aromatic rings. The Labute approximate surface area is 108 Å². The number of carbonyl (C=O) groups is 2. The maximum absolute atomic E-state index is 11.8. The molecule has 0 saturated heterocycles. The molecule has 1 rings (SSSR count). The molecule has 5 heteroatoms. The summed E-state index contributed by atoms with van der Waals surface area (Å²) in [5.74, 6) is -0.853. The molecule has 0 aromatic carbocycles. The molecule has 0 aliphatic heterocycles. The van der Waals surface area contributed by atoms with Crippen LogP contribution in [0.4, 0.5) is 4.79 Å². The predicted octanol–water partition coefficient (Wildman–Crippen LogP) is 2.26. The molecule has 1 aliphatic rings. The van der Waals surface area contributed by atoms with Crippen molar-refractivity contribution in [3.63, 3.8) is 0 Å². The van der Waals surface area contributed by atoms with E-state index in [0.717, 1.165) is 38.5 Å². The van der Waals surface area contributed by atoms with Gasteiger partial charge in [-0.05, 0) is 32.6 Å². The lowest BCUT2D eigenvalue weighted by molar-refractivity contribution is -0.139. The highest BCUT2D eigenvalue weighted by Gasteiger charge is 2.40. The lowest BCUT2D eigenvalue weighted by Crippen LogP contribution is -2.58. The molecule has 18 heavy (non-hydrogen) atoms. The van der Waals surface area contributed by atoms with Crippen molar-refractivity contribution in [2.24, 2.45) is 0 Å². The number of unbranched alkanes of at least 4 members (excludes halogenated alkanes) is 1.